The smallest absolute Gasteiger partial charge is 0.324 e. The highest BCUT2D eigenvalue weighted by molar-refractivity contribution is 6.00. The SMILES string of the molecule is CNc1ncc2cc(-c3ccc(F)c(NC(=O)Nc4cc(C(C)(C)C)nn4-c4ccc(C)nc4)c3)c(=O)n(C)c2n1. The van der Waals surface area contributed by atoms with Crippen LogP contribution in [0.25, 0.3) is 27.8 Å². The molecule has 5 aromatic rings. The van der Waals surface area contributed by atoms with Crippen molar-refractivity contribution in [3.05, 3.63) is 82.4 Å². The van der Waals surface area contributed by atoms with Crippen LogP contribution in [0.5, 0.6) is 0 Å². The van der Waals surface area contributed by atoms with E-state index in [1.165, 1.54) is 22.8 Å². The molecule has 0 saturated carbocycles. The Labute approximate surface area is 235 Å². The topological polar surface area (TPSA) is 132 Å². The summed E-state index contributed by atoms with van der Waals surface area (Å²) in [5.74, 6) is 0.114. The van der Waals surface area contributed by atoms with E-state index in [9.17, 15) is 14.0 Å². The van der Waals surface area contributed by atoms with Gasteiger partial charge >= 0.3 is 6.03 Å². The lowest BCUT2D eigenvalue weighted by molar-refractivity contribution is 0.262. The summed E-state index contributed by atoms with van der Waals surface area (Å²) in [6.07, 6.45) is 3.27. The minimum absolute atomic E-state index is 0.0944. The van der Waals surface area contributed by atoms with Gasteiger partial charge in [-0.15, -0.1) is 0 Å². The van der Waals surface area contributed by atoms with Crippen LogP contribution in [0.15, 0.2) is 59.7 Å². The van der Waals surface area contributed by atoms with Gasteiger partial charge in [0.15, 0.2) is 0 Å². The van der Waals surface area contributed by atoms with E-state index in [0.29, 0.717) is 39.6 Å². The second-order valence-corrected chi connectivity index (χ2v) is 10.7. The quantitative estimate of drug-likeness (QED) is 0.278. The minimum atomic E-state index is -0.679. The van der Waals surface area contributed by atoms with Crippen molar-refractivity contribution in [2.75, 3.05) is 23.0 Å². The summed E-state index contributed by atoms with van der Waals surface area (Å²) < 4.78 is 17.9. The molecule has 0 radical (unpaired) electrons. The molecule has 12 heteroatoms. The zero-order valence-corrected chi connectivity index (χ0v) is 23.6. The molecule has 210 valence electrons. The highest BCUT2D eigenvalue weighted by atomic mass is 19.1. The molecule has 3 N–H and O–H groups in total. The van der Waals surface area contributed by atoms with Gasteiger partial charge in [0, 0.05) is 48.4 Å². The molecule has 0 spiro atoms. The Balaban J connectivity index is 1.46. The second-order valence-electron chi connectivity index (χ2n) is 10.7. The monoisotopic (exact) mass is 555 g/mol. The van der Waals surface area contributed by atoms with Gasteiger partial charge in [0.25, 0.3) is 5.56 Å². The number of hydrogen-bond donors (Lipinski definition) is 3. The number of urea groups is 1. The number of carbonyl (C=O) groups excluding carboxylic acids is 1. The number of aromatic nitrogens is 6. The van der Waals surface area contributed by atoms with Crippen LogP contribution in [0.3, 0.4) is 0 Å². The molecule has 0 aliphatic rings. The maximum Gasteiger partial charge on any atom is 0.324 e. The van der Waals surface area contributed by atoms with Crippen LogP contribution in [-0.4, -0.2) is 42.4 Å². The van der Waals surface area contributed by atoms with Gasteiger partial charge in [-0.1, -0.05) is 26.8 Å². The van der Waals surface area contributed by atoms with Crippen LogP contribution in [-0.2, 0) is 12.5 Å². The fourth-order valence-electron chi connectivity index (χ4n) is 4.25. The molecule has 11 nitrogen and oxygen atoms in total. The number of rotatable bonds is 5. The third-order valence-corrected chi connectivity index (χ3v) is 6.56. The number of fused-ring (bicyclic) bond motifs is 1. The molecule has 0 saturated heterocycles. The number of aryl methyl sites for hydroxylation is 2. The maximum absolute atomic E-state index is 14.9. The van der Waals surface area contributed by atoms with E-state index in [2.05, 4.69) is 36.0 Å². The van der Waals surface area contributed by atoms with E-state index in [4.69, 9.17) is 0 Å². The molecule has 0 bridgehead atoms. The summed E-state index contributed by atoms with van der Waals surface area (Å²) in [5, 5.41) is 13.5. The molecule has 4 aromatic heterocycles. The third kappa shape index (κ3) is 5.49. The van der Waals surface area contributed by atoms with Crippen molar-refractivity contribution in [2.24, 2.45) is 7.05 Å². The number of benzene rings is 1. The van der Waals surface area contributed by atoms with E-state index in [1.54, 1.807) is 43.3 Å². The van der Waals surface area contributed by atoms with Crippen molar-refractivity contribution in [1.82, 2.24) is 29.3 Å². The van der Waals surface area contributed by atoms with Gasteiger partial charge in [0.2, 0.25) is 5.95 Å². The molecule has 0 aliphatic heterocycles. The average Bonchev–Trinajstić information content (AvgIpc) is 3.36. The lowest BCUT2D eigenvalue weighted by atomic mass is 9.92. The van der Waals surface area contributed by atoms with Gasteiger partial charge in [-0.2, -0.15) is 10.1 Å². The maximum atomic E-state index is 14.9. The molecule has 0 atom stereocenters. The lowest BCUT2D eigenvalue weighted by Crippen LogP contribution is -2.22. The van der Waals surface area contributed by atoms with Crippen molar-refractivity contribution in [2.45, 2.75) is 33.1 Å². The molecule has 41 heavy (non-hydrogen) atoms. The van der Waals surface area contributed by atoms with Crippen LogP contribution in [0, 0.1) is 12.7 Å². The number of anilines is 3. The second kappa shape index (κ2) is 10.5. The normalized spacial score (nSPS) is 11.5. The van der Waals surface area contributed by atoms with Crippen molar-refractivity contribution in [1.29, 1.82) is 0 Å². The van der Waals surface area contributed by atoms with Crippen LogP contribution in [0.2, 0.25) is 0 Å². The molecule has 0 aliphatic carbocycles. The summed E-state index contributed by atoms with van der Waals surface area (Å²) in [7, 11) is 3.29. The summed E-state index contributed by atoms with van der Waals surface area (Å²) in [5.41, 5.74) is 2.73. The van der Waals surface area contributed by atoms with Crippen molar-refractivity contribution >= 4 is 34.5 Å². The number of nitrogens with zero attached hydrogens (tertiary/aromatic N) is 6. The molecule has 0 unspecified atom stereocenters. The van der Waals surface area contributed by atoms with Crippen molar-refractivity contribution in [3.8, 4) is 16.8 Å². The predicted molar refractivity (Wildman–Crippen MR) is 157 cm³/mol. The largest absolute Gasteiger partial charge is 0.357 e. The molecule has 1 aromatic carbocycles. The number of pyridine rings is 2. The van der Waals surface area contributed by atoms with Gasteiger partial charge in [0.05, 0.1) is 23.3 Å². The Hall–Kier alpha value is -5.13. The van der Waals surface area contributed by atoms with E-state index in [0.717, 1.165) is 11.4 Å². The first kappa shape index (κ1) is 27.4. The average molecular weight is 556 g/mol. The van der Waals surface area contributed by atoms with Crippen LogP contribution >= 0.6 is 0 Å². The Morgan fingerprint density at radius 2 is 1.78 bits per heavy atom. The number of amides is 2. The van der Waals surface area contributed by atoms with Gasteiger partial charge < -0.3 is 10.6 Å². The summed E-state index contributed by atoms with van der Waals surface area (Å²) >= 11 is 0. The molecule has 2 amide bonds. The summed E-state index contributed by atoms with van der Waals surface area (Å²) in [6.45, 7) is 7.92. The zero-order chi connectivity index (χ0) is 29.5. The van der Waals surface area contributed by atoms with Gasteiger partial charge in [-0.25, -0.2) is 18.9 Å². The predicted octanol–water partition coefficient (Wildman–Crippen LogP) is 5.01. The highest BCUT2D eigenvalue weighted by Gasteiger charge is 2.22. The molecular weight excluding hydrogens is 525 g/mol. The van der Waals surface area contributed by atoms with Gasteiger partial charge in [-0.05, 0) is 42.8 Å². The molecular formula is C29H30FN9O2. The first-order valence-electron chi connectivity index (χ1n) is 12.9. The number of hydrogen-bond acceptors (Lipinski definition) is 7. The van der Waals surface area contributed by atoms with E-state index in [1.807, 2.05) is 39.8 Å². The van der Waals surface area contributed by atoms with Crippen LogP contribution < -0.4 is 21.5 Å². The number of halogens is 1. The van der Waals surface area contributed by atoms with Crippen molar-refractivity contribution < 1.29 is 9.18 Å². The minimum Gasteiger partial charge on any atom is -0.357 e. The van der Waals surface area contributed by atoms with E-state index < -0.39 is 11.8 Å². The number of nitrogens with one attached hydrogen (secondary N) is 3. The molecule has 4 heterocycles. The zero-order valence-electron chi connectivity index (χ0n) is 23.6. The Bertz CT molecular complexity index is 1840. The third-order valence-electron chi connectivity index (χ3n) is 6.56. The van der Waals surface area contributed by atoms with Crippen LogP contribution in [0.1, 0.15) is 32.2 Å². The van der Waals surface area contributed by atoms with Gasteiger partial charge in [0.1, 0.15) is 17.3 Å². The summed E-state index contributed by atoms with van der Waals surface area (Å²) in [6, 6.07) is 10.5. The number of carbonyl (C=O) groups is 1. The molecule has 0 fully saturated rings. The van der Waals surface area contributed by atoms with E-state index >= 15 is 0 Å². The summed E-state index contributed by atoms with van der Waals surface area (Å²) in [4.78, 5) is 39.2. The van der Waals surface area contributed by atoms with Crippen molar-refractivity contribution in [3.63, 3.8) is 0 Å². The Morgan fingerprint density at radius 1 is 1.00 bits per heavy atom. The first-order valence-corrected chi connectivity index (χ1v) is 12.9. The highest BCUT2D eigenvalue weighted by Crippen LogP contribution is 2.28. The van der Waals surface area contributed by atoms with Gasteiger partial charge in [-0.3, -0.25) is 19.7 Å². The van der Waals surface area contributed by atoms with E-state index in [-0.39, 0.29) is 16.7 Å². The standard InChI is InChI=1S/C29H30FN9O2/c1-16-7-9-19(15-32-16)39-24(13-23(37-39)29(2,3)4)35-28(41)34-22-12-17(8-10-21(22)30)20-11-18-14-33-27(31-5)36-25(18)38(6)26(20)40/h7-15H,1-6H3,(H,31,33,36)(H2,34,35,41). The van der Waals surface area contributed by atoms with Crippen LogP contribution in [0.4, 0.5) is 26.6 Å². The fourth-order valence-corrected chi connectivity index (χ4v) is 4.25. The lowest BCUT2D eigenvalue weighted by Gasteiger charge is -2.14. The fraction of sp³-hybridized carbons (Fsp3) is 0.241. The Kier molecular flexibility index (Phi) is 6.99. The molecule has 5 rings (SSSR count). The first-order chi connectivity index (χ1) is 19.4. The Morgan fingerprint density at radius 3 is 2.46 bits per heavy atom.